The van der Waals surface area contributed by atoms with Crippen molar-refractivity contribution in [1.82, 2.24) is 0 Å². The number of carbonyl (C=O) groups is 1. The van der Waals surface area contributed by atoms with Crippen LogP contribution in [0.5, 0.6) is 0 Å². The highest BCUT2D eigenvalue weighted by atomic mass is 32.3. The first-order chi connectivity index (χ1) is 32.1. The summed E-state index contributed by atoms with van der Waals surface area (Å²) in [5.41, 5.74) is 0. The molecule has 384 valence electrons. The van der Waals surface area contributed by atoms with Crippen molar-refractivity contribution in [2.24, 2.45) is 0 Å². The lowest BCUT2D eigenvalue weighted by Gasteiger charge is -2.41. The molecule has 0 aromatic rings. The maximum atomic E-state index is 12.8. The first-order valence-corrected chi connectivity index (χ1v) is 27.4. The summed E-state index contributed by atoms with van der Waals surface area (Å²) in [4.78, 5) is 12.8. The predicted octanol–water partition coefficient (Wildman–Crippen LogP) is 12.1. The highest BCUT2D eigenvalue weighted by molar-refractivity contribution is 7.80. The fourth-order valence-electron chi connectivity index (χ4n) is 7.74. The number of rotatable bonds is 45. The minimum atomic E-state index is -5.07. The SMILES string of the molecule is CC/C=C\C/C=C\C/C=C\C/C=C\CCC(=O)OC(COCCCCCCCCCCCCCCCC/C=C\CCCCCCCCCC)COC1OC(CO)C(O)C(OS(=O)(=O)O)C1O. The largest absolute Gasteiger partial charge is 0.457 e. The molecule has 0 aliphatic carbocycles. The normalized spacial score (nSPS) is 20.0. The molecular formula is C53H94O12S. The third kappa shape index (κ3) is 36.8. The summed E-state index contributed by atoms with van der Waals surface area (Å²) >= 11 is 0. The molecule has 13 heteroatoms. The van der Waals surface area contributed by atoms with Gasteiger partial charge in [0, 0.05) is 13.0 Å². The lowest BCUT2D eigenvalue weighted by molar-refractivity contribution is -0.301. The second kappa shape index (κ2) is 44.0. The number of carbonyl (C=O) groups excluding carboxylic acids is 1. The number of aliphatic hydroxyl groups is 3. The van der Waals surface area contributed by atoms with E-state index in [0.717, 1.165) is 44.9 Å². The van der Waals surface area contributed by atoms with Crippen LogP contribution in [0.25, 0.3) is 0 Å². The number of unbranched alkanes of at least 4 members (excludes halogenated alkanes) is 22. The topological polar surface area (TPSA) is 178 Å². The third-order valence-electron chi connectivity index (χ3n) is 11.6. The van der Waals surface area contributed by atoms with Crippen LogP contribution in [0.2, 0.25) is 0 Å². The smallest absolute Gasteiger partial charge is 0.397 e. The fourth-order valence-corrected chi connectivity index (χ4v) is 8.25. The van der Waals surface area contributed by atoms with Crippen molar-refractivity contribution < 1.29 is 56.2 Å². The van der Waals surface area contributed by atoms with Gasteiger partial charge in [-0.3, -0.25) is 9.35 Å². The first kappa shape index (κ1) is 61.8. The molecule has 0 bridgehead atoms. The zero-order chi connectivity index (χ0) is 48.2. The molecule has 6 unspecified atom stereocenters. The molecule has 12 nitrogen and oxygen atoms in total. The average Bonchev–Trinajstić information content (AvgIpc) is 3.29. The van der Waals surface area contributed by atoms with Crippen molar-refractivity contribution in [3.63, 3.8) is 0 Å². The summed E-state index contributed by atoms with van der Waals surface area (Å²) in [6, 6.07) is 0. The van der Waals surface area contributed by atoms with Gasteiger partial charge in [-0.15, -0.1) is 0 Å². The molecule has 0 saturated carbocycles. The minimum absolute atomic E-state index is 0.00626. The van der Waals surface area contributed by atoms with Crippen LogP contribution in [-0.2, 0) is 38.3 Å². The van der Waals surface area contributed by atoms with Gasteiger partial charge in [0.05, 0.1) is 19.8 Å². The van der Waals surface area contributed by atoms with Crippen molar-refractivity contribution in [2.75, 3.05) is 26.4 Å². The Labute approximate surface area is 401 Å². The second-order valence-electron chi connectivity index (χ2n) is 17.7. The molecule has 1 aliphatic heterocycles. The van der Waals surface area contributed by atoms with Crippen LogP contribution in [0, 0.1) is 0 Å². The van der Waals surface area contributed by atoms with Crippen molar-refractivity contribution in [1.29, 1.82) is 0 Å². The maximum Gasteiger partial charge on any atom is 0.397 e. The third-order valence-corrected chi connectivity index (χ3v) is 12.1. The molecule has 66 heavy (non-hydrogen) atoms. The van der Waals surface area contributed by atoms with Gasteiger partial charge in [-0.1, -0.05) is 197 Å². The highest BCUT2D eigenvalue weighted by Crippen LogP contribution is 2.26. The molecule has 1 rings (SSSR count). The standard InChI is InChI=1S/C53H94O12S/c1-3-5-7-9-11-13-15-17-18-19-20-21-22-23-24-25-26-27-28-29-31-33-35-37-39-41-43-61-45-47(46-62-53-51(57)52(65-66(58,59)60)50(56)48(44-54)64-53)63-49(55)42-40-38-36-34-32-30-16-14-12-10-8-6-4-2/h6,8,12,14,19-20,30,32,36,38,47-48,50-54,56-57H,3-5,7,9-11,13,15-18,21-29,31,33-35,37,39-46H2,1-2H3,(H,58,59,60)/b8-6-,14-12-,20-19-,32-30-,38-36-. The summed E-state index contributed by atoms with van der Waals surface area (Å²) < 4.78 is 59.1. The number of aliphatic hydroxyl groups excluding tert-OH is 3. The number of ether oxygens (including phenoxy) is 4. The van der Waals surface area contributed by atoms with Crippen LogP contribution >= 0.6 is 0 Å². The van der Waals surface area contributed by atoms with Gasteiger partial charge in [-0.05, 0) is 64.2 Å². The van der Waals surface area contributed by atoms with Gasteiger partial charge < -0.3 is 34.3 Å². The van der Waals surface area contributed by atoms with Crippen LogP contribution in [0.15, 0.2) is 60.8 Å². The summed E-state index contributed by atoms with van der Waals surface area (Å²) in [7, 11) is -5.07. The van der Waals surface area contributed by atoms with Crippen LogP contribution in [0.3, 0.4) is 0 Å². The molecule has 4 N–H and O–H groups in total. The van der Waals surface area contributed by atoms with Gasteiger partial charge in [0.1, 0.15) is 30.5 Å². The molecule has 0 aromatic carbocycles. The Morgan fingerprint density at radius 3 is 1.53 bits per heavy atom. The Morgan fingerprint density at radius 2 is 1.05 bits per heavy atom. The fraction of sp³-hybridized carbons (Fsp3) is 0.792. The van der Waals surface area contributed by atoms with Crippen LogP contribution < -0.4 is 0 Å². The van der Waals surface area contributed by atoms with E-state index in [4.69, 9.17) is 18.9 Å². The number of esters is 1. The summed E-state index contributed by atoms with van der Waals surface area (Å²) in [5, 5.41) is 30.7. The molecule has 0 amide bonds. The zero-order valence-electron chi connectivity index (χ0n) is 41.2. The van der Waals surface area contributed by atoms with E-state index < -0.39 is 59.8 Å². The summed E-state index contributed by atoms with van der Waals surface area (Å²) in [5.74, 6) is -0.478. The Morgan fingerprint density at radius 1 is 0.591 bits per heavy atom. The van der Waals surface area contributed by atoms with Gasteiger partial charge in [-0.25, -0.2) is 4.18 Å². The molecule has 0 aromatic heterocycles. The molecule has 6 atom stereocenters. The number of hydrogen-bond donors (Lipinski definition) is 4. The monoisotopic (exact) mass is 955 g/mol. The second-order valence-corrected chi connectivity index (χ2v) is 18.8. The summed E-state index contributed by atoms with van der Waals surface area (Å²) in [6.45, 7) is 3.79. The van der Waals surface area contributed by atoms with Gasteiger partial charge in [0.15, 0.2) is 6.29 Å². The Bertz CT molecular complexity index is 1380. The Kier molecular flexibility index (Phi) is 41.2. The van der Waals surface area contributed by atoms with Gasteiger partial charge in [0.25, 0.3) is 0 Å². The van der Waals surface area contributed by atoms with Crippen molar-refractivity contribution in [3.05, 3.63) is 60.8 Å². The Balaban J connectivity index is 2.30. The highest BCUT2D eigenvalue weighted by Gasteiger charge is 2.48. The lowest BCUT2D eigenvalue weighted by atomic mass is 9.99. The molecule has 1 aliphatic rings. The Hall–Kier alpha value is -2.20. The molecule has 0 radical (unpaired) electrons. The average molecular weight is 955 g/mol. The lowest BCUT2D eigenvalue weighted by Crippen LogP contribution is -2.60. The van der Waals surface area contributed by atoms with E-state index in [9.17, 15) is 33.1 Å². The van der Waals surface area contributed by atoms with E-state index in [1.165, 1.54) is 135 Å². The van der Waals surface area contributed by atoms with Crippen LogP contribution in [0.1, 0.15) is 206 Å². The maximum absolute atomic E-state index is 12.8. The van der Waals surface area contributed by atoms with Crippen molar-refractivity contribution in [2.45, 2.75) is 243 Å². The molecule has 0 spiro atoms. The molecule has 1 heterocycles. The quantitative estimate of drug-likeness (QED) is 0.0197. The van der Waals surface area contributed by atoms with Crippen molar-refractivity contribution >= 4 is 16.4 Å². The molecule has 1 fully saturated rings. The van der Waals surface area contributed by atoms with E-state index in [1.54, 1.807) is 0 Å². The van der Waals surface area contributed by atoms with Gasteiger partial charge in [0.2, 0.25) is 0 Å². The van der Waals surface area contributed by atoms with E-state index >= 15 is 0 Å². The van der Waals surface area contributed by atoms with Crippen LogP contribution in [0.4, 0.5) is 0 Å². The number of hydrogen-bond acceptors (Lipinski definition) is 11. The van der Waals surface area contributed by atoms with Gasteiger partial charge in [-0.2, -0.15) is 8.42 Å². The van der Waals surface area contributed by atoms with Crippen molar-refractivity contribution in [3.8, 4) is 0 Å². The van der Waals surface area contributed by atoms with Gasteiger partial charge >= 0.3 is 16.4 Å². The van der Waals surface area contributed by atoms with E-state index in [2.05, 4.69) is 66.6 Å². The minimum Gasteiger partial charge on any atom is -0.457 e. The van der Waals surface area contributed by atoms with Crippen LogP contribution in [-0.4, -0.2) is 97.5 Å². The van der Waals surface area contributed by atoms with E-state index in [0.29, 0.717) is 13.0 Å². The van der Waals surface area contributed by atoms with E-state index in [-0.39, 0.29) is 19.6 Å². The first-order valence-electron chi connectivity index (χ1n) is 26.0. The molecule has 1 saturated heterocycles. The molecular weight excluding hydrogens is 861 g/mol. The summed E-state index contributed by atoms with van der Waals surface area (Å²) in [6.07, 6.45) is 47.2. The van der Waals surface area contributed by atoms with E-state index in [1.807, 2.05) is 12.2 Å². The number of allylic oxidation sites excluding steroid dienone is 10. The zero-order valence-corrected chi connectivity index (χ0v) is 42.1. The predicted molar refractivity (Wildman–Crippen MR) is 266 cm³/mol.